The SMILES string of the molecule is CCS(=O)(=O)c1cccnc1.NC(=O)N=S(=O)=O. The van der Waals surface area contributed by atoms with E-state index in [1.54, 1.807) is 25.3 Å². The number of primary amides is 1. The van der Waals surface area contributed by atoms with Crippen LogP contribution in [0, 0.1) is 0 Å². The van der Waals surface area contributed by atoms with Crippen LogP contribution in [0.25, 0.3) is 0 Å². The molecule has 0 fully saturated rings. The molecule has 0 bridgehead atoms. The van der Waals surface area contributed by atoms with Crippen molar-refractivity contribution >= 4 is 26.4 Å². The summed E-state index contributed by atoms with van der Waals surface area (Å²) >= 11 is 0. The van der Waals surface area contributed by atoms with Gasteiger partial charge in [0.15, 0.2) is 9.84 Å². The predicted molar refractivity (Wildman–Crippen MR) is 62.9 cm³/mol. The second kappa shape index (κ2) is 7.50. The van der Waals surface area contributed by atoms with Crippen molar-refractivity contribution in [2.24, 2.45) is 10.1 Å². The molecule has 0 spiro atoms. The van der Waals surface area contributed by atoms with Crippen LogP contribution >= 0.6 is 0 Å². The molecule has 8 nitrogen and oxygen atoms in total. The monoisotopic (exact) mass is 293 g/mol. The van der Waals surface area contributed by atoms with Gasteiger partial charge < -0.3 is 5.73 Å². The molecule has 0 unspecified atom stereocenters. The summed E-state index contributed by atoms with van der Waals surface area (Å²) in [6, 6.07) is 1.96. The Balaban J connectivity index is 0.000000360. The first-order valence-electron chi connectivity index (χ1n) is 4.53. The average molecular weight is 293 g/mol. The Morgan fingerprint density at radius 3 is 2.39 bits per heavy atom. The van der Waals surface area contributed by atoms with E-state index in [0.717, 1.165) is 0 Å². The van der Waals surface area contributed by atoms with E-state index in [1.165, 1.54) is 6.20 Å². The lowest BCUT2D eigenvalue weighted by molar-refractivity contribution is 0.257. The van der Waals surface area contributed by atoms with Gasteiger partial charge in [-0.05, 0) is 12.1 Å². The summed E-state index contributed by atoms with van der Waals surface area (Å²) in [6.45, 7) is 1.61. The number of carbonyl (C=O) groups is 1. The van der Waals surface area contributed by atoms with Crippen LogP contribution in [0.15, 0.2) is 33.8 Å². The third kappa shape index (κ3) is 6.70. The van der Waals surface area contributed by atoms with E-state index in [-0.39, 0.29) is 5.75 Å². The molecule has 10 heteroatoms. The van der Waals surface area contributed by atoms with Crippen molar-refractivity contribution in [2.45, 2.75) is 11.8 Å². The molecule has 1 heterocycles. The van der Waals surface area contributed by atoms with Gasteiger partial charge in [-0.1, -0.05) is 11.3 Å². The fourth-order valence-corrected chi connectivity index (χ4v) is 1.76. The number of pyridine rings is 1. The van der Waals surface area contributed by atoms with Crippen molar-refractivity contribution < 1.29 is 21.6 Å². The Morgan fingerprint density at radius 1 is 1.50 bits per heavy atom. The minimum absolute atomic E-state index is 0.124. The van der Waals surface area contributed by atoms with Gasteiger partial charge in [0.05, 0.1) is 10.6 Å². The highest BCUT2D eigenvalue weighted by molar-refractivity contribution is 7.91. The van der Waals surface area contributed by atoms with Gasteiger partial charge in [-0.15, -0.1) is 0 Å². The first-order chi connectivity index (χ1) is 8.29. The second-order valence-electron chi connectivity index (χ2n) is 2.74. The number of hydrogen-bond acceptors (Lipinski definition) is 6. The van der Waals surface area contributed by atoms with E-state index in [9.17, 15) is 21.6 Å². The Bertz CT molecular complexity index is 614. The molecule has 18 heavy (non-hydrogen) atoms. The van der Waals surface area contributed by atoms with Crippen LogP contribution < -0.4 is 5.73 Å². The van der Waals surface area contributed by atoms with Crippen LogP contribution in [0.2, 0.25) is 0 Å². The number of aromatic nitrogens is 1. The van der Waals surface area contributed by atoms with E-state index in [1.807, 2.05) is 0 Å². The van der Waals surface area contributed by atoms with Crippen LogP contribution in [0.4, 0.5) is 4.79 Å². The maximum atomic E-state index is 11.2. The average Bonchev–Trinajstić information content (AvgIpc) is 2.29. The van der Waals surface area contributed by atoms with Crippen LogP contribution in [0.5, 0.6) is 0 Å². The van der Waals surface area contributed by atoms with E-state index in [2.05, 4.69) is 15.1 Å². The molecule has 0 aliphatic carbocycles. The standard InChI is InChI=1S/C7H9NO2S.CH2N2O3S/c1-2-11(9,10)7-4-3-5-8-6-7;2-1(4)3-7(5)6/h3-6H,2H2,1H3;(H2,2,4). The number of urea groups is 1. The topological polar surface area (TPSA) is 137 Å². The Hall–Kier alpha value is -1.81. The van der Waals surface area contributed by atoms with Crippen molar-refractivity contribution in [3.8, 4) is 0 Å². The molecular weight excluding hydrogens is 282 g/mol. The Labute approximate surface area is 105 Å². The molecule has 2 N–H and O–H groups in total. The summed E-state index contributed by atoms with van der Waals surface area (Å²) in [4.78, 5) is 13.5. The summed E-state index contributed by atoms with van der Waals surface area (Å²) in [5.74, 6) is 0.124. The number of carbonyl (C=O) groups excluding carboxylic acids is 1. The van der Waals surface area contributed by atoms with Gasteiger partial charge in [-0.3, -0.25) is 4.98 Å². The smallest absolute Gasteiger partial charge is 0.349 e. The number of nitrogens with two attached hydrogens (primary N) is 1. The fraction of sp³-hybridized carbons (Fsp3) is 0.250. The zero-order valence-corrected chi connectivity index (χ0v) is 11.0. The van der Waals surface area contributed by atoms with Crippen LogP contribution in [-0.4, -0.2) is 33.6 Å². The third-order valence-corrected chi connectivity index (χ3v) is 3.59. The molecule has 0 saturated heterocycles. The first kappa shape index (κ1) is 16.2. The summed E-state index contributed by atoms with van der Waals surface area (Å²) in [6.07, 6.45) is 2.91. The molecule has 1 rings (SSSR count). The minimum Gasteiger partial charge on any atom is -0.349 e. The highest BCUT2D eigenvalue weighted by atomic mass is 32.2. The second-order valence-corrected chi connectivity index (χ2v) is 5.63. The van der Waals surface area contributed by atoms with Gasteiger partial charge in [0, 0.05) is 12.4 Å². The van der Waals surface area contributed by atoms with Crippen LogP contribution in [-0.2, 0) is 20.3 Å². The predicted octanol–water partition coefficient (Wildman–Crippen LogP) is 0.00300. The number of amides is 2. The zero-order chi connectivity index (χ0) is 14.2. The number of rotatable bonds is 2. The van der Waals surface area contributed by atoms with Crippen molar-refractivity contribution in [3.63, 3.8) is 0 Å². The molecule has 0 atom stereocenters. The lowest BCUT2D eigenvalue weighted by Crippen LogP contribution is -2.03. The molecule has 0 aromatic carbocycles. The maximum absolute atomic E-state index is 11.2. The highest BCUT2D eigenvalue weighted by Crippen LogP contribution is 2.06. The van der Waals surface area contributed by atoms with Gasteiger partial charge in [0.25, 0.3) is 0 Å². The van der Waals surface area contributed by atoms with Crippen molar-refractivity contribution in [1.82, 2.24) is 4.98 Å². The largest absolute Gasteiger partial charge is 0.353 e. The summed E-state index contributed by atoms with van der Waals surface area (Å²) < 4.78 is 43.3. The molecule has 2 amide bonds. The molecule has 0 radical (unpaired) electrons. The fourth-order valence-electron chi connectivity index (χ4n) is 0.771. The lowest BCUT2D eigenvalue weighted by atomic mass is 10.5. The number of nitrogens with zero attached hydrogens (tertiary/aromatic N) is 2. The Morgan fingerprint density at radius 2 is 2.11 bits per heavy atom. The maximum Gasteiger partial charge on any atom is 0.353 e. The van der Waals surface area contributed by atoms with E-state index in [0.29, 0.717) is 4.90 Å². The van der Waals surface area contributed by atoms with Crippen molar-refractivity contribution in [2.75, 3.05) is 5.75 Å². The third-order valence-electron chi connectivity index (χ3n) is 1.54. The minimum atomic E-state index is -3.06. The molecule has 0 aliphatic heterocycles. The van der Waals surface area contributed by atoms with E-state index in [4.69, 9.17) is 0 Å². The highest BCUT2D eigenvalue weighted by Gasteiger charge is 2.09. The Kier molecular flexibility index (Phi) is 6.75. The summed E-state index contributed by atoms with van der Waals surface area (Å²) in [7, 11) is -5.76. The first-order valence-corrected chi connectivity index (χ1v) is 7.21. The number of hydrogen-bond donors (Lipinski definition) is 1. The molecular formula is C8H11N3O5S2. The van der Waals surface area contributed by atoms with Crippen molar-refractivity contribution in [3.05, 3.63) is 24.5 Å². The summed E-state index contributed by atoms with van der Waals surface area (Å²) in [5.41, 5.74) is 4.29. The molecule has 1 aromatic rings. The zero-order valence-electron chi connectivity index (χ0n) is 9.35. The quantitative estimate of drug-likeness (QED) is 0.815. The summed E-state index contributed by atoms with van der Waals surface area (Å²) in [5, 5.41) is 0. The van der Waals surface area contributed by atoms with Gasteiger partial charge in [-0.25, -0.2) is 13.2 Å². The van der Waals surface area contributed by atoms with Gasteiger partial charge in [0.2, 0.25) is 0 Å². The number of sulfone groups is 1. The lowest BCUT2D eigenvalue weighted by Gasteiger charge is -1.97. The molecule has 100 valence electrons. The molecule has 0 saturated carbocycles. The van der Waals surface area contributed by atoms with E-state index >= 15 is 0 Å². The van der Waals surface area contributed by atoms with E-state index < -0.39 is 26.4 Å². The van der Waals surface area contributed by atoms with Gasteiger partial charge >= 0.3 is 16.5 Å². The van der Waals surface area contributed by atoms with Crippen LogP contribution in [0.1, 0.15) is 6.92 Å². The normalized spacial score (nSPS) is 9.83. The van der Waals surface area contributed by atoms with Crippen LogP contribution in [0.3, 0.4) is 0 Å². The molecule has 1 aromatic heterocycles. The molecule has 0 aliphatic rings. The van der Waals surface area contributed by atoms with Crippen molar-refractivity contribution in [1.29, 1.82) is 0 Å². The van der Waals surface area contributed by atoms with Gasteiger partial charge in [0.1, 0.15) is 0 Å². The van der Waals surface area contributed by atoms with Gasteiger partial charge in [-0.2, -0.15) is 8.42 Å².